The summed E-state index contributed by atoms with van der Waals surface area (Å²) in [6, 6.07) is 12.2. The summed E-state index contributed by atoms with van der Waals surface area (Å²) in [5, 5.41) is 9.86. The van der Waals surface area contributed by atoms with Gasteiger partial charge in [0.2, 0.25) is 10.0 Å². The number of aromatic nitrogens is 3. The summed E-state index contributed by atoms with van der Waals surface area (Å²) in [7, 11) is -3.23. The molecule has 0 radical (unpaired) electrons. The van der Waals surface area contributed by atoms with E-state index >= 15 is 0 Å². The number of alkyl halides is 3. The molecular weight excluding hydrogens is 607 g/mol. The lowest BCUT2D eigenvalue weighted by Gasteiger charge is -2.33. The molecule has 0 aliphatic carbocycles. The highest BCUT2D eigenvalue weighted by Gasteiger charge is 2.33. The molecule has 4 aromatic rings. The predicted molar refractivity (Wildman–Crippen MR) is 164 cm³/mol. The predicted octanol–water partition coefficient (Wildman–Crippen LogP) is 3.38. The van der Waals surface area contributed by atoms with Crippen LogP contribution in [0.15, 0.2) is 60.9 Å². The van der Waals surface area contributed by atoms with E-state index in [9.17, 15) is 26.4 Å². The summed E-state index contributed by atoms with van der Waals surface area (Å²) < 4.78 is 68.3. The number of amides is 1. The molecular formula is C31H32F3N7O3S. The third-order valence-electron chi connectivity index (χ3n) is 7.50. The number of rotatable bonds is 8. The van der Waals surface area contributed by atoms with Crippen molar-refractivity contribution in [2.24, 2.45) is 0 Å². The van der Waals surface area contributed by atoms with Crippen molar-refractivity contribution in [3.05, 3.63) is 94.4 Å². The minimum atomic E-state index is -4.63. The summed E-state index contributed by atoms with van der Waals surface area (Å²) in [5.74, 6) is 5.49. The van der Waals surface area contributed by atoms with Gasteiger partial charge in [-0.2, -0.15) is 22.6 Å². The molecule has 236 valence electrons. The number of carbonyl (C=O) groups is 1. The largest absolute Gasteiger partial charge is 0.416 e. The molecule has 0 saturated carbocycles. The monoisotopic (exact) mass is 639 g/mol. The Morgan fingerprint density at radius 3 is 2.56 bits per heavy atom. The van der Waals surface area contributed by atoms with Gasteiger partial charge in [-0.05, 0) is 60.4 Å². The fourth-order valence-electron chi connectivity index (χ4n) is 4.96. The van der Waals surface area contributed by atoms with Gasteiger partial charge in [0.1, 0.15) is 5.69 Å². The first-order valence-electron chi connectivity index (χ1n) is 14.2. The fourth-order valence-corrected chi connectivity index (χ4v) is 5.79. The Labute approximate surface area is 259 Å². The smallest absolute Gasteiger partial charge is 0.322 e. The molecule has 2 aromatic carbocycles. The lowest BCUT2D eigenvalue weighted by Crippen LogP contribution is -2.49. The van der Waals surface area contributed by atoms with Gasteiger partial charge < -0.3 is 10.6 Å². The fraction of sp³-hybridized carbons (Fsp3) is 0.323. The van der Waals surface area contributed by atoms with Crippen molar-refractivity contribution in [2.45, 2.75) is 19.6 Å². The van der Waals surface area contributed by atoms with Crippen molar-refractivity contribution < 1.29 is 26.4 Å². The minimum Gasteiger partial charge on any atom is -0.322 e. The van der Waals surface area contributed by atoms with Gasteiger partial charge in [0.15, 0.2) is 5.65 Å². The normalized spacial score (nSPS) is 14.7. The van der Waals surface area contributed by atoms with E-state index in [0.29, 0.717) is 56.2 Å². The number of imidazole rings is 1. The van der Waals surface area contributed by atoms with Crippen LogP contribution in [0.1, 0.15) is 38.3 Å². The highest BCUT2D eigenvalue weighted by atomic mass is 32.2. The lowest BCUT2D eigenvalue weighted by molar-refractivity contribution is -0.138. The Balaban J connectivity index is 1.22. The average Bonchev–Trinajstić information content (AvgIpc) is 3.41. The molecule has 1 fully saturated rings. The summed E-state index contributed by atoms with van der Waals surface area (Å²) >= 11 is 0. The molecule has 0 spiro atoms. The minimum absolute atomic E-state index is 0.0184. The van der Waals surface area contributed by atoms with E-state index in [-0.39, 0.29) is 23.4 Å². The number of aryl methyl sites for hydroxylation is 1. The van der Waals surface area contributed by atoms with E-state index in [0.717, 1.165) is 11.6 Å². The number of fused-ring (bicyclic) bond motifs is 1. The number of nitrogens with one attached hydrogen (secondary N) is 2. The molecule has 14 heteroatoms. The number of sulfonamides is 1. The zero-order chi connectivity index (χ0) is 32.2. The van der Waals surface area contributed by atoms with Crippen LogP contribution in [0.25, 0.3) is 5.65 Å². The molecule has 3 heterocycles. The van der Waals surface area contributed by atoms with Gasteiger partial charge in [-0.15, -0.1) is 0 Å². The number of hydrogen-bond donors (Lipinski definition) is 2. The van der Waals surface area contributed by atoms with Crippen LogP contribution in [0.4, 0.5) is 18.9 Å². The maximum absolute atomic E-state index is 14.0. The topological polar surface area (TPSA) is 112 Å². The number of piperazine rings is 1. The Morgan fingerprint density at radius 1 is 1.04 bits per heavy atom. The van der Waals surface area contributed by atoms with E-state index in [1.165, 1.54) is 22.7 Å². The SMILES string of the molecule is Cc1ccc(C(=O)Nc2ccc(CNCCN3CCN(S(C)(=O)=O)CC3)c(C(F)(F)F)c2)cc1C#Cc1cnc2cccnn12. The molecule has 10 nitrogen and oxygen atoms in total. The quantitative estimate of drug-likeness (QED) is 0.225. The Bertz CT molecular complexity index is 1870. The number of carbonyl (C=O) groups excluding carboxylic acids is 1. The van der Waals surface area contributed by atoms with Crippen molar-refractivity contribution >= 4 is 27.3 Å². The van der Waals surface area contributed by atoms with E-state index in [4.69, 9.17) is 0 Å². The number of anilines is 1. The number of nitrogens with zero attached hydrogens (tertiary/aromatic N) is 5. The van der Waals surface area contributed by atoms with E-state index in [1.54, 1.807) is 47.2 Å². The van der Waals surface area contributed by atoms with Crippen LogP contribution in [0.5, 0.6) is 0 Å². The summed E-state index contributed by atoms with van der Waals surface area (Å²) in [6.45, 7) is 4.74. The Kier molecular flexibility index (Phi) is 9.54. The van der Waals surface area contributed by atoms with Crippen LogP contribution >= 0.6 is 0 Å². The molecule has 45 heavy (non-hydrogen) atoms. The molecule has 5 rings (SSSR count). The second-order valence-corrected chi connectivity index (χ2v) is 12.7. The van der Waals surface area contributed by atoms with Crippen LogP contribution in [0.3, 0.4) is 0 Å². The van der Waals surface area contributed by atoms with Gasteiger partial charge in [0.05, 0.1) is 18.0 Å². The summed E-state index contributed by atoms with van der Waals surface area (Å²) in [5.41, 5.74) is 2.11. The Morgan fingerprint density at radius 2 is 1.82 bits per heavy atom. The van der Waals surface area contributed by atoms with Crippen LogP contribution in [-0.4, -0.2) is 83.7 Å². The van der Waals surface area contributed by atoms with Gasteiger partial charge in [0.25, 0.3) is 5.91 Å². The summed E-state index contributed by atoms with van der Waals surface area (Å²) in [4.78, 5) is 19.4. The van der Waals surface area contributed by atoms with Crippen molar-refractivity contribution in [3.8, 4) is 11.8 Å². The standard InChI is InChI=1S/C31H32F3N7O3S/c1-22-5-6-24(18-23(22)8-10-27-21-36-29-4-3-11-37-41(27)29)30(42)38-26-9-7-25(28(19-26)31(32,33)34)20-35-12-13-39-14-16-40(17-15-39)45(2,43)44/h3-7,9,11,18-19,21,35H,12-17,20H2,1-2H3,(H,38,42). The molecule has 1 amide bonds. The van der Waals surface area contributed by atoms with E-state index in [1.807, 2.05) is 6.92 Å². The van der Waals surface area contributed by atoms with Gasteiger partial charge in [-0.3, -0.25) is 9.69 Å². The van der Waals surface area contributed by atoms with Crippen molar-refractivity contribution in [1.29, 1.82) is 0 Å². The van der Waals surface area contributed by atoms with Crippen molar-refractivity contribution in [2.75, 3.05) is 50.8 Å². The summed E-state index contributed by atoms with van der Waals surface area (Å²) in [6.07, 6.45) is -0.223. The number of hydrogen-bond acceptors (Lipinski definition) is 7. The molecule has 2 N–H and O–H groups in total. The molecule has 0 unspecified atom stereocenters. The Hall–Kier alpha value is -4.29. The third-order valence-corrected chi connectivity index (χ3v) is 8.80. The molecule has 1 aliphatic rings. The molecule has 1 saturated heterocycles. The maximum Gasteiger partial charge on any atom is 0.416 e. The van der Waals surface area contributed by atoms with Crippen LogP contribution in [0.2, 0.25) is 0 Å². The molecule has 0 atom stereocenters. The first kappa shape index (κ1) is 32.1. The zero-order valence-electron chi connectivity index (χ0n) is 24.7. The van der Waals surface area contributed by atoms with Gasteiger partial charge in [-0.1, -0.05) is 18.1 Å². The lowest BCUT2D eigenvalue weighted by atomic mass is 10.0. The van der Waals surface area contributed by atoms with Crippen molar-refractivity contribution in [3.63, 3.8) is 0 Å². The number of halogens is 3. The molecule has 1 aliphatic heterocycles. The van der Waals surface area contributed by atoms with Crippen LogP contribution in [-0.2, 0) is 22.7 Å². The van der Waals surface area contributed by atoms with Crippen molar-refractivity contribution in [1.82, 2.24) is 29.1 Å². The zero-order valence-corrected chi connectivity index (χ0v) is 25.5. The first-order valence-corrected chi connectivity index (χ1v) is 16.0. The van der Waals surface area contributed by atoms with Crippen LogP contribution < -0.4 is 10.6 Å². The van der Waals surface area contributed by atoms with Gasteiger partial charge in [0, 0.05) is 68.8 Å². The van der Waals surface area contributed by atoms with Crippen LogP contribution in [0, 0.1) is 18.8 Å². The highest BCUT2D eigenvalue weighted by Crippen LogP contribution is 2.34. The highest BCUT2D eigenvalue weighted by molar-refractivity contribution is 7.88. The molecule has 0 bridgehead atoms. The van der Waals surface area contributed by atoms with E-state index < -0.39 is 27.7 Å². The molecule has 2 aromatic heterocycles. The second-order valence-electron chi connectivity index (χ2n) is 10.7. The maximum atomic E-state index is 14.0. The van der Waals surface area contributed by atoms with Gasteiger partial charge in [-0.25, -0.2) is 17.9 Å². The van der Waals surface area contributed by atoms with Gasteiger partial charge >= 0.3 is 6.18 Å². The average molecular weight is 640 g/mol. The first-order chi connectivity index (χ1) is 21.4. The third kappa shape index (κ3) is 8.06. The van der Waals surface area contributed by atoms with E-state index in [2.05, 4.69) is 37.5 Å². The second kappa shape index (κ2) is 13.4. The number of benzene rings is 2.